The molecule has 82 valence electrons. The van der Waals surface area contributed by atoms with Gasteiger partial charge in [0.1, 0.15) is 0 Å². The largest absolute Gasteiger partial charge is 0.379 e. The van der Waals surface area contributed by atoms with E-state index < -0.39 is 17.5 Å². The van der Waals surface area contributed by atoms with Crippen LogP contribution in [0.3, 0.4) is 0 Å². The SMILES string of the molecule is Fc1ccc(NC/C=C/CCl)c(F)c1F. The van der Waals surface area contributed by atoms with Gasteiger partial charge >= 0.3 is 0 Å². The number of benzene rings is 1. The average molecular weight is 236 g/mol. The number of allylic oxidation sites excluding steroid dienone is 1. The molecule has 0 atom stereocenters. The zero-order valence-corrected chi connectivity index (χ0v) is 8.49. The van der Waals surface area contributed by atoms with Gasteiger partial charge in [-0.05, 0) is 12.1 Å². The zero-order valence-electron chi connectivity index (χ0n) is 7.74. The molecule has 1 aromatic carbocycles. The van der Waals surface area contributed by atoms with Crippen molar-refractivity contribution in [1.82, 2.24) is 0 Å². The number of nitrogens with one attached hydrogen (secondary N) is 1. The minimum Gasteiger partial charge on any atom is -0.379 e. The van der Waals surface area contributed by atoms with Crippen LogP contribution in [0.25, 0.3) is 0 Å². The summed E-state index contributed by atoms with van der Waals surface area (Å²) in [5.41, 5.74) is -0.0758. The van der Waals surface area contributed by atoms with Crippen molar-refractivity contribution in [2.24, 2.45) is 0 Å². The summed E-state index contributed by atoms with van der Waals surface area (Å²) in [6, 6.07) is 2.01. The van der Waals surface area contributed by atoms with Gasteiger partial charge in [0.15, 0.2) is 17.5 Å². The molecule has 5 heteroatoms. The Kier molecular flexibility index (Phi) is 4.49. The van der Waals surface area contributed by atoms with E-state index in [1.54, 1.807) is 12.2 Å². The number of anilines is 1. The number of hydrogen-bond donors (Lipinski definition) is 1. The van der Waals surface area contributed by atoms with Gasteiger partial charge in [-0.15, -0.1) is 11.6 Å². The first kappa shape index (κ1) is 11.9. The molecule has 0 radical (unpaired) electrons. The molecule has 0 spiro atoms. The summed E-state index contributed by atoms with van der Waals surface area (Å²) < 4.78 is 38.3. The van der Waals surface area contributed by atoms with E-state index in [0.717, 1.165) is 12.1 Å². The van der Waals surface area contributed by atoms with E-state index in [1.807, 2.05) is 0 Å². The molecule has 0 bridgehead atoms. The highest BCUT2D eigenvalue weighted by Gasteiger charge is 2.12. The summed E-state index contributed by atoms with van der Waals surface area (Å²) in [6.07, 6.45) is 3.32. The van der Waals surface area contributed by atoms with Crippen molar-refractivity contribution in [3.63, 3.8) is 0 Å². The molecular formula is C10H9ClF3N. The van der Waals surface area contributed by atoms with Crippen LogP contribution in [0.2, 0.25) is 0 Å². The third kappa shape index (κ3) is 3.16. The van der Waals surface area contributed by atoms with Crippen molar-refractivity contribution in [3.8, 4) is 0 Å². The van der Waals surface area contributed by atoms with Crippen molar-refractivity contribution in [2.45, 2.75) is 0 Å². The molecule has 0 aliphatic heterocycles. The van der Waals surface area contributed by atoms with Gasteiger partial charge in [0, 0.05) is 12.4 Å². The van der Waals surface area contributed by atoms with Crippen LogP contribution in [0.4, 0.5) is 18.9 Å². The van der Waals surface area contributed by atoms with Gasteiger partial charge in [0.2, 0.25) is 0 Å². The molecule has 1 aromatic rings. The van der Waals surface area contributed by atoms with Crippen molar-refractivity contribution >= 4 is 17.3 Å². The van der Waals surface area contributed by atoms with Crippen LogP contribution in [-0.2, 0) is 0 Å². The lowest BCUT2D eigenvalue weighted by molar-refractivity contribution is 0.449. The first-order valence-corrected chi connectivity index (χ1v) is 4.78. The van der Waals surface area contributed by atoms with E-state index in [-0.39, 0.29) is 5.69 Å². The van der Waals surface area contributed by atoms with Crippen LogP contribution in [0, 0.1) is 17.5 Å². The maximum atomic E-state index is 13.0. The summed E-state index contributed by atoms with van der Waals surface area (Å²) >= 11 is 5.36. The third-order valence-corrected chi connectivity index (χ3v) is 1.88. The van der Waals surface area contributed by atoms with Crippen LogP contribution < -0.4 is 5.32 Å². The van der Waals surface area contributed by atoms with E-state index in [2.05, 4.69) is 5.32 Å². The maximum Gasteiger partial charge on any atom is 0.196 e. The monoisotopic (exact) mass is 235 g/mol. The lowest BCUT2D eigenvalue weighted by Gasteiger charge is -2.05. The average Bonchev–Trinajstić information content (AvgIpc) is 2.24. The molecule has 0 aromatic heterocycles. The van der Waals surface area contributed by atoms with E-state index in [1.165, 1.54) is 0 Å². The van der Waals surface area contributed by atoms with Gasteiger partial charge in [-0.1, -0.05) is 12.2 Å². The van der Waals surface area contributed by atoms with Gasteiger partial charge < -0.3 is 5.32 Å². The molecule has 0 fully saturated rings. The Morgan fingerprint density at radius 3 is 2.53 bits per heavy atom. The van der Waals surface area contributed by atoms with Gasteiger partial charge in [0.05, 0.1) is 5.69 Å². The molecule has 0 aliphatic carbocycles. The van der Waals surface area contributed by atoms with E-state index >= 15 is 0 Å². The Morgan fingerprint density at radius 2 is 1.87 bits per heavy atom. The molecule has 0 unspecified atom stereocenters. The van der Waals surface area contributed by atoms with Gasteiger partial charge in [0.25, 0.3) is 0 Å². The second-order valence-corrected chi connectivity index (χ2v) is 3.04. The minimum absolute atomic E-state index is 0.0758. The van der Waals surface area contributed by atoms with E-state index in [4.69, 9.17) is 11.6 Å². The van der Waals surface area contributed by atoms with Crippen LogP contribution in [-0.4, -0.2) is 12.4 Å². The van der Waals surface area contributed by atoms with Crippen LogP contribution >= 0.6 is 11.6 Å². The van der Waals surface area contributed by atoms with Gasteiger partial charge in [-0.25, -0.2) is 13.2 Å². The predicted octanol–water partition coefficient (Wildman–Crippen LogP) is 3.31. The van der Waals surface area contributed by atoms with E-state index in [0.29, 0.717) is 12.4 Å². The summed E-state index contributed by atoms with van der Waals surface area (Å²) in [5.74, 6) is -3.54. The molecule has 0 aliphatic rings. The fourth-order valence-electron chi connectivity index (χ4n) is 0.978. The van der Waals surface area contributed by atoms with Crippen molar-refractivity contribution in [2.75, 3.05) is 17.7 Å². The first-order chi connectivity index (χ1) is 7.16. The standard InChI is InChI=1S/C10H9ClF3N/c11-5-1-2-6-15-8-4-3-7(12)9(13)10(8)14/h1-4,15H,5-6H2/b2-1+. The molecule has 0 saturated heterocycles. The first-order valence-electron chi connectivity index (χ1n) is 4.25. The summed E-state index contributed by atoms with van der Waals surface area (Å²) in [4.78, 5) is 0. The van der Waals surface area contributed by atoms with Gasteiger partial charge in [-0.3, -0.25) is 0 Å². The Hall–Kier alpha value is -1.16. The van der Waals surface area contributed by atoms with Crippen LogP contribution in [0.5, 0.6) is 0 Å². The van der Waals surface area contributed by atoms with E-state index in [9.17, 15) is 13.2 Å². The Bertz CT molecular complexity index is 366. The topological polar surface area (TPSA) is 12.0 Å². The molecule has 1 N–H and O–H groups in total. The predicted molar refractivity (Wildman–Crippen MR) is 54.7 cm³/mol. The highest BCUT2D eigenvalue weighted by Crippen LogP contribution is 2.19. The second kappa shape index (κ2) is 5.66. The smallest absolute Gasteiger partial charge is 0.196 e. The maximum absolute atomic E-state index is 13.0. The number of rotatable bonds is 4. The zero-order chi connectivity index (χ0) is 11.3. The fraction of sp³-hybridized carbons (Fsp3) is 0.200. The molecule has 15 heavy (non-hydrogen) atoms. The second-order valence-electron chi connectivity index (χ2n) is 2.73. The summed E-state index contributed by atoms with van der Waals surface area (Å²) in [5, 5.41) is 2.59. The normalized spacial score (nSPS) is 10.9. The summed E-state index contributed by atoms with van der Waals surface area (Å²) in [6.45, 7) is 0.300. The van der Waals surface area contributed by atoms with Crippen molar-refractivity contribution in [1.29, 1.82) is 0 Å². The van der Waals surface area contributed by atoms with Crippen molar-refractivity contribution in [3.05, 3.63) is 41.7 Å². The van der Waals surface area contributed by atoms with Gasteiger partial charge in [-0.2, -0.15) is 0 Å². The Morgan fingerprint density at radius 1 is 1.13 bits per heavy atom. The molecule has 1 rings (SSSR count). The number of hydrogen-bond acceptors (Lipinski definition) is 1. The molecule has 0 amide bonds. The summed E-state index contributed by atoms with van der Waals surface area (Å²) in [7, 11) is 0. The number of halogens is 4. The highest BCUT2D eigenvalue weighted by molar-refractivity contribution is 6.18. The Labute approximate surface area is 90.6 Å². The highest BCUT2D eigenvalue weighted by atomic mass is 35.5. The van der Waals surface area contributed by atoms with Crippen molar-refractivity contribution < 1.29 is 13.2 Å². The fourth-order valence-corrected chi connectivity index (χ4v) is 1.10. The number of alkyl halides is 1. The lowest BCUT2D eigenvalue weighted by Crippen LogP contribution is -2.03. The molecule has 0 saturated carbocycles. The Balaban J connectivity index is 2.70. The molecular weight excluding hydrogens is 227 g/mol. The lowest BCUT2D eigenvalue weighted by atomic mass is 10.3. The van der Waals surface area contributed by atoms with Crippen LogP contribution in [0.1, 0.15) is 0 Å². The quantitative estimate of drug-likeness (QED) is 0.480. The minimum atomic E-state index is -1.47. The molecule has 1 nitrogen and oxygen atoms in total. The van der Waals surface area contributed by atoms with Crippen LogP contribution in [0.15, 0.2) is 24.3 Å². The third-order valence-electron chi connectivity index (χ3n) is 1.70. The molecule has 0 heterocycles.